The van der Waals surface area contributed by atoms with Gasteiger partial charge in [-0.2, -0.15) is 0 Å². The topological polar surface area (TPSA) is 53.4 Å². The van der Waals surface area contributed by atoms with Crippen molar-refractivity contribution >= 4 is 39.3 Å². The van der Waals surface area contributed by atoms with E-state index in [2.05, 4.69) is 20.9 Å². The van der Waals surface area contributed by atoms with E-state index in [9.17, 15) is 4.79 Å². The smallest absolute Gasteiger partial charge is 0.326 e. The van der Waals surface area contributed by atoms with Crippen LogP contribution < -0.4 is 4.90 Å². The predicted octanol–water partition coefficient (Wildman–Crippen LogP) is 2.41. The second-order valence-electron chi connectivity index (χ2n) is 3.08. The summed E-state index contributed by atoms with van der Waals surface area (Å²) in [5, 5.41) is 9.35. The molecule has 0 bridgehead atoms. The van der Waals surface area contributed by atoms with Gasteiger partial charge in [-0.1, -0.05) is 11.6 Å². The molecule has 82 valence electrons. The zero-order valence-electron chi connectivity index (χ0n) is 8.24. The van der Waals surface area contributed by atoms with Crippen LogP contribution in [0.15, 0.2) is 16.7 Å². The first-order valence-electron chi connectivity index (χ1n) is 4.20. The lowest BCUT2D eigenvalue weighted by molar-refractivity contribution is -0.138. The average molecular weight is 294 g/mol. The van der Waals surface area contributed by atoms with Crippen molar-refractivity contribution in [1.82, 2.24) is 4.98 Å². The number of aliphatic carboxylic acids is 1. The Labute approximate surface area is 101 Å². The number of anilines is 1. The number of likely N-dealkylation sites (N-methyl/N-ethyl adjacent to an activating group) is 1. The number of aromatic nitrogens is 1. The Morgan fingerprint density at radius 2 is 2.33 bits per heavy atom. The maximum absolute atomic E-state index is 10.8. The highest BCUT2D eigenvalue weighted by molar-refractivity contribution is 9.10. The van der Waals surface area contributed by atoms with Gasteiger partial charge in [0, 0.05) is 13.2 Å². The molecule has 15 heavy (non-hydrogen) atoms. The van der Waals surface area contributed by atoms with Gasteiger partial charge in [0.25, 0.3) is 0 Å². The third-order valence-corrected chi connectivity index (χ3v) is 2.85. The van der Waals surface area contributed by atoms with Crippen LogP contribution in [0.1, 0.15) is 6.92 Å². The van der Waals surface area contributed by atoms with Crippen molar-refractivity contribution in [3.63, 3.8) is 0 Å². The number of rotatable bonds is 3. The van der Waals surface area contributed by atoms with Crippen LogP contribution >= 0.6 is 27.5 Å². The highest BCUT2D eigenvalue weighted by atomic mass is 79.9. The molecular weight excluding hydrogens is 283 g/mol. The second kappa shape index (κ2) is 4.81. The van der Waals surface area contributed by atoms with Crippen molar-refractivity contribution in [2.45, 2.75) is 13.0 Å². The maximum Gasteiger partial charge on any atom is 0.326 e. The van der Waals surface area contributed by atoms with Gasteiger partial charge in [-0.15, -0.1) is 0 Å². The Morgan fingerprint density at radius 3 is 2.80 bits per heavy atom. The molecule has 1 aromatic heterocycles. The minimum absolute atomic E-state index is 0.502. The van der Waals surface area contributed by atoms with E-state index in [1.807, 2.05) is 0 Å². The predicted molar refractivity (Wildman–Crippen MR) is 62.4 cm³/mol. The third-order valence-electron chi connectivity index (χ3n) is 2.06. The van der Waals surface area contributed by atoms with Crippen molar-refractivity contribution in [2.75, 3.05) is 11.9 Å². The van der Waals surface area contributed by atoms with E-state index in [0.29, 0.717) is 15.3 Å². The van der Waals surface area contributed by atoms with E-state index < -0.39 is 12.0 Å². The number of carboxylic acid groups (broad SMARTS) is 1. The molecule has 0 spiro atoms. The number of nitrogens with zero attached hydrogens (tertiary/aromatic N) is 2. The van der Waals surface area contributed by atoms with Crippen molar-refractivity contribution in [3.05, 3.63) is 21.8 Å². The first kappa shape index (κ1) is 12.3. The van der Waals surface area contributed by atoms with Gasteiger partial charge in [-0.05, 0) is 28.9 Å². The molecule has 1 unspecified atom stereocenters. The first-order valence-corrected chi connectivity index (χ1v) is 5.37. The summed E-state index contributed by atoms with van der Waals surface area (Å²) >= 11 is 9.02. The number of hydrogen-bond acceptors (Lipinski definition) is 3. The summed E-state index contributed by atoms with van der Waals surface area (Å²) in [7, 11) is 1.67. The van der Waals surface area contributed by atoms with Gasteiger partial charge >= 0.3 is 5.97 Å². The van der Waals surface area contributed by atoms with E-state index in [1.54, 1.807) is 24.9 Å². The fourth-order valence-corrected chi connectivity index (χ4v) is 1.93. The van der Waals surface area contributed by atoms with Gasteiger partial charge in [0.2, 0.25) is 0 Å². The van der Waals surface area contributed by atoms with Crippen LogP contribution in [0.2, 0.25) is 5.02 Å². The van der Waals surface area contributed by atoms with Crippen LogP contribution in [0.4, 0.5) is 5.82 Å². The molecule has 6 heteroatoms. The minimum Gasteiger partial charge on any atom is -0.480 e. The normalized spacial score (nSPS) is 12.3. The van der Waals surface area contributed by atoms with Gasteiger partial charge in [-0.3, -0.25) is 0 Å². The molecule has 0 aliphatic heterocycles. The Hall–Kier alpha value is -0.810. The first-order chi connectivity index (χ1) is 6.93. The van der Waals surface area contributed by atoms with Crippen LogP contribution in [0.5, 0.6) is 0 Å². The van der Waals surface area contributed by atoms with E-state index in [-0.39, 0.29) is 0 Å². The highest BCUT2D eigenvalue weighted by Gasteiger charge is 2.19. The Bertz CT molecular complexity index is 386. The van der Waals surface area contributed by atoms with Crippen LogP contribution in [0, 0.1) is 0 Å². The van der Waals surface area contributed by atoms with Crippen LogP contribution in [0.25, 0.3) is 0 Å². The van der Waals surface area contributed by atoms with Crippen LogP contribution in [0.3, 0.4) is 0 Å². The number of carboxylic acids is 1. The van der Waals surface area contributed by atoms with Crippen molar-refractivity contribution < 1.29 is 9.90 Å². The molecule has 1 N–H and O–H groups in total. The quantitative estimate of drug-likeness (QED) is 0.930. The molecule has 1 heterocycles. The molecule has 0 fully saturated rings. The van der Waals surface area contributed by atoms with Gasteiger partial charge in [-0.25, -0.2) is 9.78 Å². The van der Waals surface area contributed by atoms with Gasteiger partial charge in [0.15, 0.2) is 0 Å². The fourth-order valence-electron chi connectivity index (χ4n) is 1.02. The molecule has 0 saturated heterocycles. The largest absolute Gasteiger partial charge is 0.480 e. The molecule has 0 amide bonds. The summed E-state index contributed by atoms with van der Waals surface area (Å²) in [6, 6.07) is 1.03. The third kappa shape index (κ3) is 2.82. The summed E-state index contributed by atoms with van der Waals surface area (Å²) < 4.78 is 0.672. The summed E-state index contributed by atoms with van der Waals surface area (Å²) in [6.07, 6.45) is 1.48. The molecule has 1 rings (SSSR count). The molecule has 0 aliphatic carbocycles. The monoisotopic (exact) mass is 292 g/mol. The fraction of sp³-hybridized carbons (Fsp3) is 0.333. The van der Waals surface area contributed by atoms with Crippen LogP contribution in [-0.4, -0.2) is 29.1 Å². The zero-order valence-corrected chi connectivity index (χ0v) is 10.6. The van der Waals surface area contributed by atoms with Crippen molar-refractivity contribution in [2.24, 2.45) is 0 Å². The molecule has 1 aromatic rings. The number of halogens is 2. The lowest BCUT2D eigenvalue weighted by atomic mass is 10.3. The molecule has 0 aliphatic rings. The number of pyridine rings is 1. The lowest BCUT2D eigenvalue weighted by Crippen LogP contribution is -2.36. The van der Waals surface area contributed by atoms with Crippen molar-refractivity contribution in [1.29, 1.82) is 0 Å². The lowest BCUT2D eigenvalue weighted by Gasteiger charge is -2.23. The number of carbonyl (C=O) groups is 1. The molecule has 0 saturated carbocycles. The van der Waals surface area contributed by atoms with Gasteiger partial charge in [0.1, 0.15) is 11.9 Å². The Morgan fingerprint density at radius 1 is 1.73 bits per heavy atom. The average Bonchev–Trinajstić information content (AvgIpc) is 2.15. The maximum atomic E-state index is 10.8. The second-order valence-corrected chi connectivity index (χ2v) is 4.37. The van der Waals surface area contributed by atoms with E-state index in [0.717, 1.165) is 0 Å². The van der Waals surface area contributed by atoms with Gasteiger partial charge in [0.05, 0.1) is 9.50 Å². The highest BCUT2D eigenvalue weighted by Crippen LogP contribution is 2.26. The molecule has 1 atom stereocenters. The van der Waals surface area contributed by atoms with Gasteiger partial charge < -0.3 is 10.0 Å². The molecule has 4 nitrogen and oxygen atoms in total. The van der Waals surface area contributed by atoms with E-state index in [1.165, 1.54) is 6.20 Å². The summed E-state index contributed by atoms with van der Waals surface area (Å²) in [5.74, 6) is -0.351. The molecule has 0 radical (unpaired) electrons. The van der Waals surface area contributed by atoms with E-state index in [4.69, 9.17) is 16.7 Å². The summed E-state index contributed by atoms with van der Waals surface area (Å²) in [4.78, 5) is 16.4. The molecule has 0 aromatic carbocycles. The molecular formula is C9H10BrClN2O2. The standard InChI is InChI=1S/C9H10BrClN2O2/c1-5(9(14)15)13(2)8-7(10)3-6(11)4-12-8/h3-5H,1-2H3,(H,14,15). The zero-order chi connectivity index (χ0) is 11.6. The Balaban J connectivity index is 3.01. The summed E-state index contributed by atoms with van der Waals surface area (Å²) in [6.45, 7) is 1.59. The SMILES string of the molecule is CC(C(=O)O)N(C)c1ncc(Cl)cc1Br. The van der Waals surface area contributed by atoms with E-state index >= 15 is 0 Å². The van der Waals surface area contributed by atoms with Crippen molar-refractivity contribution in [3.8, 4) is 0 Å². The summed E-state index contributed by atoms with van der Waals surface area (Å²) in [5.41, 5.74) is 0. The number of hydrogen-bond donors (Lipinski definition) is 1. The minimum atomic E-state index is -0.902. The van der Waals surface area contributed by atoms with Crippen LogP contribution in [-0.2, 0) is 4.79 Å². The Kier molecular flexibility index (Phi) is 3.93.